The van der Waals surface area contributed by atoms with Crippen molar-refractivity contribution >= 4 is 27.6 Å². The minimum absolute atomic E-state index is 0.0809. The summed E-state index contributed by atoms with van der Waals surface area (Å²) in [6.45, 7) is 3.86. The van der Waals surface area contributed by atoms with Crippen molar-refractivity contribution in [2.24, 2.45) is 0 Å². The number of esters is 1. The Labute approximate surface area is 157 Å². The van der Waals surface area contributed by atoms with Gasteiger partial charge < -0.3 is 4.74 Å². The number of halogens is 2. The predicted octanol–water partition coefficient (Wildman–Crippen LogP) is 3.87. The van der Waals surface area contributed by atoms with Crippen molar-refractivity contribution in [2.75, 3.05) is 13.1 Å². The number of ether oxygens (including phenoxy) is 1. The average molecular weight is 400 g/mol. The maximum Gasteiger partial charge on any atom is 0.341 e. The second-order valence-electron chi connectivity index (χ2n) is 5.43. The second-order valence-corrected chi connectivity index (χ2v) is 7.81. The van der Waals surface area contributed by atoms with Gasteiger partial charge in [-0.1, -0.05) is 37.6 Å². The molecule has 2 rings (SSSR count). The lowest BCUT2D eigenvalue weighted by atomic mass is 10.2. The number of rotatable bonds is 7. The molecule has 0 N–H and O–H groups in total. The van der Waals surface area contributed by atoms with Crippen LogP contribution in [0, 0.1) is 5.82 Å². The van der Waals surface area contributed by atoms with Crippen molar-refractivity contribution in [3.05, 3.63) is 64.4 Å². The van der Waals surface area contributed by atoms with Crippen molar-refractivity contribution in [2.45, 2.75) is 25.3 Å². The third-order valence-corrected chi connectivity index (χ3v) is 6.08. The first kappa shape index (κ1) is 20.4. The third-order valence-electron chi connectivity index (χ3n) is 3.78. The maximum absolute atomic E-state index is 14.0. The number of hydrogen-bond donors (Lipinski definition) is 0. The SMILES string of the molecule is CCN(CC)S(=O)(=O)c1ccc(F)c(C(=O)OCc2ccc(Cl)cc2)c1. The zero-order chi connectivity index (χ0) is 19.3. The molecule has 0 aliphatic rings. The van der Waals surface area contributed by atoms with Crippen molar-refractivity contribution in [3.8, 4) is 0 Å². The number of carbonyl (C=O) groups excluding carboxylic acids is 1. The Morgan fingerprint density at radius 3 is 2.31 bits per heavy atom. The van der Waals surface area contributed by atoms with E-state index in [1.165, 1.54) is 4.31 Å². The van der Waals surface area contributed by atoms with Gasteiger partial charge >= 0.3 is 5.97 Å². The van der Waals surface area contributed by atoms with Gasteiger partial charge in [0.1, 0.15) is 12.4 Å². The Hall–Kier alpha value is -1.96. The number of sulfonamides is 1. The fourth-order valence-electron chi connectivity index (χ4n) is 2.34. The first-order chi connectivity index (χ1) is 12.3. The zero-order valence-electron chi connectivity index (χ0n) is 14.4. The van der Waals surface area contributed by atoms with Gasteiger partial charge in [0, 0.05) is 18.1 Å². The predicted molar refractivity (Wildman–Crippen MR) is 97.1 cm³/mol. The normalized spacial score (nSPS) is 11.6. The van der Waals surface area contributed by atoms with Crippen LogP contribution in [0.15, 0.2) is 47.4 Å². The summed E-state index contributed by atoms with van der Waals surface area (Å²) in [5.74, 6) is -1.78. The van der Waals surface area contributed by atoms with E-state index in [2.05, 4.69) is 0 Å². The molecule has 0 saturated carbocycles. The molecule has 26 heavy (non-hydrogen) atoms. The number of carbonyl (C=O) groups is 1. The summed E-state index contributed by atoms with van der Waals surface area (Å²) in [5.41, 5.74) is 0.252. The second kappa shape index (κ2) is 8.62. The Bertz CT molecular complexity index is 881. The van der Waals surface area contributed by atoms with Crippen LogP contribution >= 0.6 is 11.6 Å². The quantitative estimate of drug-likeness (QED) is 0.663. The molecule has 0 spiro atoms. The molecule has 140 valence electrons. The highest BCUT2D eigenvalue weighted by molar-refractivity contribution is 7.89. The number of benzene rings is 2. The molecule has 2 aromatic carbocycles. The Balaban J connectivity index is 2.23. The number of hydrogen-bond acceptors (Lipinski definition) is 4. The van der Waals surface area contributed by atoms with Gasteiger partial charge in [-0.25, -0.2) is 17.6 Å². The van der Waals surface area contributed by atoms with Crippen LogP contribution in [0.4, 0.5) is 4.39 Å². The molecule has 0 atom stereocenters. The van der Waals surface area contributed by atoms with E-state index in [0.29, 0.717) is 10.6 Å². The average Bonchev–Trinajstić information content (AvgIpc) is 2.62. The van der Waals surface area contributed by atoms with Gasteiger partial charge in [0.05, 0.1) is 10.5 Å². The highest BCUT2D eigenvalue weighted by Crippen LogP contribution is 2.20. The van der Waals surface area contributed by atoms with Crippen LogP contribution in [0.2, 0.25) is 5.02 Å². The van der Waals surface area contributed by atoms with Crippen LogP contribution in [-0.4, -0.2) is 31.8 Å². The summed E-state index contributed by atoms with van der Waals surface area (Å²) >= 11 is 5.78. The van der Waals surface area contributed by atoms with Gasteiger partial charge in [0.2, 0.25) is 10.0 Å². The van der Waals surface area contributed by atoms with E-state index in [9.17, 15) is 17.6 Å². The van der Waals surface area contributed by atoms with Crippen molar-refractivity contribution in [3.63, 3.8) is 0 Å². The van der Waals surface area contributed by atoms with E-state index in [1.54, 1.807) is 38.1 Å². The Kier molecular flexibility index (Phi) is 6.75. The standard InChI is InChI=1S/C18H19ClFNO4S/c1-3-21(4-2)26(23,24)15-9-10-17(20)16(11-15)18(22)25-12-13-5-7-14(19)8-6-13/h5-11H,3-4,12H2,1-2H3. The third kappa shape index (κ3) is 4.60. The molecule has 8 heteroatoms. The topological polar surface area (TPSA) is 63.7 Å². The van der Waals surface area contributed by atoms with Crippen LogP contribution in [0.1, 0.15) is 29.8 Å². The fraction of sp³-hybridized carbons (Fsp3) is 0.278. The van der Waals surface area contributed by atoms with Crippen LogP contribution in [0.3, 0.4) is 0 Å². The largest absolute Gasteiger partial charge is 0.457 e. The molecule has 5 nitrogen and oxygen atoms in total. The van der Waals surface area contributed by atoms with E-state index in [4.69, 9.17) is 16.3 Å². The van der Waals surface area contributed by atoms with Gasteiger partial charge in [0.25, 0.3) is 0 Å². The summed E-state index contributed by atoms with van der Waals surface area (Å²) in [6, 6.07) is 9.73. The molecule has 0 fully saturated rings. The lowest BCUT2D eigenvalue weighted by Gasteiger charge is -2.18. The molecule has 0 aliphatic carbocycles. The minimum atomic E-state index is -3.80. The summed E-state index contributed by atoms with van der Waals surface area (Å²) in [6.07, 6.45) is 0. The molecule has 0 unspecified atom stereocenters. The molecule has 0 saturated heterocycles. The van der Waals surface area contributed by atoms with E-state index in [0.717, 1.165) is 18.2 Å². The lowest BCUT2D eigenvalue weighted by molar-refractivity contribution is 0.0467. The first-order valence-corrected chi connectivity index (χ1v) is 9.82. The molecule has 0 amide bonds. The summed E-state index contributed by atoms with van der Waals surface area (Å²) < 4.78 is 45.4. The molecule has 2 aromatic rings. The Morgan fingerprint density at radius 2 is 1.73 bits per heavy atom. The minimum Gasteiger partial charge on any atom is -0.457 e. The van der Waals surface area contributed by atoms with E-state index < -0.39 is 27.4 Å². The molecule has 0 aliphatic heterocycles. The van der Waals surface area contributed by atoms with Gasteiger partial charge in [-0.3, -0.25) is 0 Å². The Morgan fingerprint density at radius 1 is 1.12 bits per heavy atom. The van der Waals surface area contributed by atoms with E-state index in [1.807, 2.05) is 0 Å². The zero-order valence-corrected chi connectivity index (χ0v) is 16.0. The van der Waals surface area contributed by atoms with Crippen molar-refractivity contribution < 1.29 is 22.3 Å². The van der Waals surface area contributed by atoms with E-state index in [-0.39, 0.29) is 24.6 Å². The molecule has 0 aromatic heterocycles. The summed E-state index contributed by atoms with van der Waals surface area (Å²) in [5, 5.41) is 0.542. The molecular formula is C18H19ClFNO4S. The van der Waals surface area contributed by atoms with Crippen LogP contribution < -0.4 is 0 Å². The molecule has 0 bridgehead atoms. The smallest absolute Gasteiger partial charge is 0.341 e. The highest BCUT2D eigenvalue weighted by atomic mass is 35.5. The highest BCUT2D eigenvalue weighted by Gasteiger charge is 2.24. The summed E-state index contributed by atoms with van der Waals surface area (Å²) in [4.78, 5) is 12.0. The van der Waals surface area contributed by atoms with Crippen LogP contribution in [0.25, 0.3) is 0 Å². The van der Waals surface area contributed by atoms with Crippen LogP contribution in [-0.2, 0) is 21.4 Å². The molecule has 0 heterocycles. The first-order valence-electron chi connectivity index (χ1n) is 8.00. The molecular weight excluding hydrogens is 381 g/mol. The fourth-order valence-corrected chi connectivity index (χ4v) is 3.95. The van der Waals surface area contributed by atoms with Crippen molar-refractivity contribution in [1.29, 1.82) is 0 Å². The maximum atomic E-state index is 14.0. The van der Waals surface area contributed by atoms with Gasteiger partial charge in [-0.2, -0.15) is 4.31 Å². The monoisotopic (exact) mass is 399 g/mol. The lowest BCUT2D eigenvalue weighted by Crippen LogP contribution is -2.30. The van der Waals surface area contributed by atoms with Gasteiger partial charge in [-0.05, 0) is 35.9 Å². The van der Waals surface area contributed by atoms with Gasteiger partial charge in [-0.15, -0.1) is 0 Å². The van der Waals surface area contributed by atoms with Crippen molar-refractivity contribution in [1.82, 2.24) is 4.31 Å². The van der Waals surface area contributed by atoms with E-state index >= 15 is 0 Å². The van der Waals surface area contributed by atoms with Gasteiger partial charge in [0.15, 0.2) is 0 Å². The van der Waals surface area contributed by atoms with Crippen LogP contribution in [0.5, 0.6) is 0 Å². The molecule has 0 radical (unpaired) electrons. The summed E-state index contributed by atoms with van der Waals surface area (Å²) in [7, 11) is -3.80. The number of nitrogens with zero attached hydrogens (tertiary/aromatic N) is 1.